The number of aliphatic hydroxyl groups excluding tert-OH is 1. The van der Waals surface area contributed by atoms with E-state index in [0.717, 1.165) is 20.9 Å². The molecule has 23 heavy (non-hydrogen) atoms. The fraction of sp³-hybridized carbons (Fsp3) is 0.222. The molecular weight excluding hydrogens is 359 g/mol. The number of halogens is 2. The summed E-state index contributed by atoms with van der Waals surface area (Å²) in [5.74, 6) is -0.302. The lowest BCUT2D eigenvalue weighted by Crippen LogP contribution is -2.33. The molecule has 1 heterocycles. The first-order valence-electron chi connectivity index (χ1n) is 7.44. The third-order valence-corrected chi connectivity index (χ3v) is 4.44. The van der Waals surface area contributed by atoms with Gasteiger partial charge in [-0.2, -0.15) is 0 Å². The maximum Gasteiger partial charge on any atom is 0.123 e. The van der Waals surface area contributed by atoms with Crippen molar-refractivity contribution in [1.82, 2.24) is 9.88 Å². The first-order valence-corrected chi connectivity index (χ1v) is 8.23. The summed E-state index contributed by atoms with van der Waals surface area (Å²) in [4.78, 5) is 0. The highest BCUT2D eigenvalue weighted by atomic mass is 79.9. The first kappa shape index (κ1) is 16.2. The van der Waals surface area contributed by atoms with Gasteiger partial charge in [0.2, 0.25) is 0 Å². The molecule has 120 valence electrons. The van der Waals surface area contributed by atoms with Crippen LogP contribution in [0, 0.1) is 5.82 Å². The summed E-state index contributed by atoms with van der Waals surface area (Å²) in [5.41, 5.74) is 1.74. The topological polar surface area (TPSA) is 37.2 Å². The second kappa shape index (κ2) is 6.83. The van der Waals surface area contributed by atoms with Gasteiger partial charge in [-0.15, -0.1) is 0 Å². The molecule has 1 aromatic heterocycles. The zero-order valence-electron chi connectivity index (χ0n) is 12.7. The van der Waals surface area contributed by atoms with Gasteiger partial charge < -0.3 is 15.0 Å². The summed E-state index contributed by atoms with van der Waals surface area (Å²) in [6.07, 6.45) is 1.26. The van der Waals surface area contributed by atoms with Crippen molar-refractivity contribution in [2.75, 3.05) is 13.6 Å². The second-order valence-corrected chi connectivity index (χ2v) is 6.47. The van der Waals surface area contributed by atoms with Crippen LogP contribution >= 0.6 is 15.9 Å². The zero-order valence-corrected chi connectivity index (χ0v) is 14.3. The van der Waals surface area contributed by atoms with E-state index in [9.17, 15) is 9.50 Å². The molecule has 0 saturated carbocycles. The van der Waals surface area contributed by atoms with Crippen LogP contribution < -0.4 is 5.32 Å². The van der Waals surface area contributed by atoms with Gasteiger partial charge in [0.25, 0.3) is 0 Å². The number of hydrogen-bond donors (Lipinski definition) is 2. The summed E-state index contributed by atoms with van der Waals surface area (Å²) in [6.45, 7) is 0.414. The van der Waals surface area contributed by atoms with Gasteiger partial charge in [-0.05, 0) is 49.0 Å². The van der Waals surface area contributed by atoms with Crippen molar-refractivity contribution in [3.8, 4) is 0 Å². The minimum absolute atomic E-state index is 0.302. The first-order chi connectivity index (χ1) is 11.1. The minimum Gasteiger partial charge on any atom is -0.389 e. The van der Waals surface area contributed by atoms with E-state index in [1.807, 2.05) is 41.1 Å². The third-order valence-electron chi connectivity index (χ3n) is 3.95. The molecule has 0 aliphatic rings. The van der Waals surface area contributed by atoms with Crippen LogP contribution in [-0.4, -0.2) is 29.4 Å². The normalized spacial score (nSPS) is 14.1. The molecule has 0 bridgehead atoms. The second-order valence-electron chi connectivity index (χ2n) is 5.55. The van der Waals surface area contributed by atoms with Crippen LogP contribution in [0.15, 0.2) is 59.2 Å². The van der Waals surface area contributed by atoms with Gasteiger partial charge >= 0.3 is 0 Å². The van der Waals surface area contributed by atoms with Gasteiger partial charge in [0.15, 0.2) is 0 Å². The van der Waals surface area contributed by atoms with Gasteiger partial charge in [-0.1, -0.05) is 28.1 Å². The van der Waals surface area contributed by atoms with Gasteiger partial charge in [0.1, 0.15) is 5.82 Å². The highest BCUT2D eigenvalue weighted by Crippen LogP contribution is 2.29. The number of aromatic nitrogens is 1. The van der Waals surface area contributed by atoms with Crippen molar-refractivity contribution in [2.24, 2.45) is 0 Å². The molecule has 2 unspecified atom stereocenters. The van der Waals surface area contributed by atoms with Gasteiger partial charge in [0, 0.05) is 28.1 Å². The maximum absolute atomic E-state index is 13.7. The van der Waals surface area contributed by atoms with E-state index in [1.54, 1.807) is 13.1 Å². The molecule has 0 saturated heterocycles. The Bertz CT molecular complexity index is 818. The van der Waals surface area contributed by atoms with Gasteiger partial charge in [-0.25, -0.2) is 4.39 Å². The summed E-state index contributed by atoms with van der Waals surface area (Å²) >= 11 is 3.47. The van der Waals surface area contributed by atoms with Crippen LogP contribution in [0.25, 0.3) is 10.9 Å². The lowest BCUT2D eigenvalue weighted by Gasteiger charge is -2.26. The fourth-order valence-electron chi connectivity index (χ4n) is 2.96. The number of likely N-dealkylation sites (N-methyl/N-ethyl adjacent to an activating group) is 1. The number of benzene rings is 2. The number of aliphatic hydroxyl groups is 1. The Morgan fingerprint density at radius 3 is 2.78 bits per heavy atom. The highest BCUT2D eigenvalue weighted by molar-refractivity contribution is 9.10. The van der Waals surface area contributed by atoms with Crippen molar-refractivity contribution in [2.45, 2.75) is 12.1 Å². The fourth-order valence-corrected chi connectivity index (χ4v) is 3.34. The molecular formula is C18H18BrFN2O. The lowest BCUT2D eigenvalue weighted by atomic mass is 10.0. The number of hydrogen-bond acceptors (Lipinski definition) is 2. The van der Waals surface area contributed by atoms with Gasteiger partial charge in [0.05, 0.1) is 12.1 Å². The molecule has 2 aromatic carbocycles. The Morgan fingerprint density at radius 1 is 1.22 bits per heavy atom. The van der Waals surface area contributed by atoms with Crippen LogP contribution in [0.5, 0.6) is 0 Å². The Labute approximate surface area is 142 Å². The van der Waals surface area contributed by atoms with Crippen LogP contribution in [0.3, 0.4) is 0 Å². The van der Waals surface area contributed by atoms with Crippen LogP contribution in [0.1, 0.15) is 11.6 Å². The number of fused-ring (bicyclic) bond motifs is 1. The number of nitrogens with zero attached hydrogens (tertiary/aromatic N) is 1. The average molecular weight is 377 g/mol. The molecule has 0 aliphatic heterocycles. The van der Waals surface area contributed by atoms with Crippen molar-refractivity contribution in [3.63, 3.8) is 0 Å². The zero-order chi connectivity index (χ0) is 16.4. The molecule has 3 rings (SSSR count). The van der Waals surface area contributed by atoms with Crippen LogP contribution in [0.2, 0.25) is 0 Å². The average Bonchev–Trinajstić information content (AvgIpc) is 2.91. The molecule has 0 aliphatic carbocycles. The van der Waals surface area contributed by atoms with E-state index in [4.69, 9.17) is 0 Å². The van der Waals surface area contributed by atoms with Crippen LogP contribution in [-0.2, 0) is 0 Å². The van der Waals surface area contributed by atoms with E-state index in [0.29, 0.717) is 6.54 Å². The molecule has 5 heteroatoms. The predicted octanol–water partition coefficient (Wildman–Crippen LogP) is 3.71. The van der Waals surface area contributed by atoms with E-state index in [1.165, 1.54) is 12.1 Å². The Hall–Kier alpha value is -1.69. The molecule has 0 spiro atoms. The molecule has 2 atom stereocenters. The number of nitrogens with one attached hydrogen (secondary N) is 1. The third kappa shape index (κ3) is 3.32. The Balaban J connectivity index is 2.13. The largest absolute Gasteiger partial charge is 0.389 e. The smallest absolute Gasteiger partial charge is 0.123 e. The standard InChI is InChI=1S/C18H18BrFN2O/c1-21-11-17(23)18(13-3-2-4-15(20)10-13)22-8-7-12-9-14(19)5-6-16(12)22/h2-10,17-18,21,23H,11H2,1H3. The van der Waals surface area contributed by atoms with Crippen molar-refractivity contribution in [1.29, 1.82) is 0 Å². The van der Waals surface area contributed by atoms with E-state index < -0.39 is 6.10 Å². The molecule has 0 amide bonds. The molecule has 2 N–H and O–H groups in total. The quantitative estimate of drug-likeness (QED) is 0.711. The minimum atomic E-state index is -0.680. The number of rotatable bonds is 5. The summed E-state index contributed by atoms with van der Waals surface area (Å²) < 4.78 is 16.7. The van der Waals surface area contributed by atoms with Crippen molar-refractivity contribution >= 4 is 26.8 Å². The molecule has 0 radical (unpaired) electrons. The van der Waals surface area contributed by atoms with Crippen molar-refractivity contribution in [3.05, 3.63) is 70.6 Å². The predicted molar refractivity (Wildman–Crippen MR) is 94.1 cm³/mol. The summed E-state index contributed by atoms with van der Waals surface area (Å²) in [6, 6.07) is 14.0. The summed E-state index contributed by atoms with van der Waals surface area (Å²) in [7, 11) is 1.79. The summed E-state index contributed by atoms with van der Waals surface area (Å²) in [5, 5.41) is 14.7. The Morgan fingerprint density at radius 2 is 2.04 bits per heavy atom. The molecule has 3 nitrogen and oxygen atoms in total. The maximum atomic E-state index is 13.7. The lowest BCUT2D eigenvalue weighted by molar-refractivity contribution is 0.132. The molecule has 3 aromatic rings. The Kier molecular flexibility index (Phi) is 4.80. The van der Waals surface area contributed by atoms with Gasteiger partial charge in [-0.3, -0.25) is 0 Å². The monoisotopic (exact) mass is 376 g/mol. The van der Waals surface area contributed by atoms with Crippen LogP contribution in [0.4, 0.5) is 4.39 Å². The highest BCUT2D eigenvalue weighted by Gasteiger charge is 2.24. The van der Waals surface area contributed by atoms with E-state index in [2.05, 4.69) is 21.2 Å². The molecule has 0 fully saturated rings. The van der Waals surface area contributed by atoms with E-state index >= 15 is 0 Å². The SMILES string of the molecule is CNCC(O)C(c1cccc(F)c1)n1ccc2cc(Br)ccc21. The van der Waals surface area contributed by atoms with Crippen molar-refractivity contribution < 1.29 is 9.50 Å². The van der Waals surface area contributed by atoms with E-state index in [-0.39, 0.29) is 11.9 Å².